The Morgan fingerprint density at radius 1 is 0.318 bits per heavy atom. The van der Waals surface area contributed by atoms with Crippen LogP contribution in [0.2, 0.25) is 0 Å². The molecular weight excluding hydrogens is 528 g/mol. The summed E-state index contributed by atoms with van der Waals surface area (Å²) in [7, 11) is 0. The van der Waals surface area contributed by atoms with Crippen molar-refractivity contribution in [1.82, 2.24) is 0 Å². The van der Waals surface area contributed by atoms with Crippen LogP contribution in [0.5, 0.6) is 0 Å². The van der Waals surface area contributed by atoms with Gasteiger partial charge in [-0.1, -0.05) is 107 Å². The summed E-state index contributed by atoms with van der Waals surface area (Å²) in [6, 6.07) is 20.7. The van der Waals surface area contributed by atoms with Crippen LogP contribution in [0.1, 0.15) is 157 Å². The van der Waals surface area contributed by atoms with Crippen LogP contribution >= 0.6 is 0 Å². The standard InChI is InChI=1S/C44H60/c1-13-41(9,14-2)31-21-29-22-32(42(10,15-3)16-4)27-37-38-28-34(44(12,19-7)20-8)24-30-23-33(43(11,17-5)18-6)26-36(40(30)38)35(25-31)39(29)37/h21-28H,13-20H2,1-12H3. The fourth-order valence-electron chi connectivity index (χ4n) is 7.91. The Kier molecular flexibility index (Phi) is 8.67. The molecule has 0 N–H and O–H groups in total. The molecule has 0 aliphatic carbocycles. The molecule has 0 spiro atoms. The van der Waals surface area contributed by atoms with Crippen LogP contribution in [0.15, 0.2) is 48.5 Å². The largest absolute Gasteiger partial charge is 0.0645 e. The van der Waals surface area contributed by atoms with Gasteiger partial charge in [-0.05, 0) is 163 Å². The third-order valence-electron chi connectivity index (χ3n) is 13.7. The lowest BCUT2D eigenvalue weighted by Gasteiger charge is -2.33. The molecule has 0 nitrogen and oxygen atoms in total. The third-order valence-corrected chi connectivity index (χ3v) is 13.7. The van der Waals surface area contributed by atoms with E-state index < -0.39 is 0 Å². The van der Waals surface area contributed by atoms with Gasteiger partial charge in [-0.3, -0.25) is 0 Å². The van der Waals surface area contributed by atoms with Gasteiger partial charge in [0.1, 0.15) is 0 Å². The minimum atomic E-state index is 0.159. The van der Waals surface area contributed by atoms with Crippen LogP contribution in [-0.4, -0.2) is 0 Å². The number of rotatable bonds is 12. The summed E-state index contributed by atoms with van der Waals surface area (Å²) in [5.41, 5.74) is 6.63. The second-order valence-corrected chi connectivity index (χ2v) is 15.4. The summed E-state index contributed by atoms with van der Waals surface area (Å²) < 4.78 is 0. The molecule has 0 saturated heterocycles. The number of benzene rings is 5. The average molecular weight is 589 g/mol. The maximum absolute atomic E-state index is 2.60. The maximum Gasteiger partial charge on any atom is -0.00260 e. The van der Waals surface area contributed by atoms with Gasteiger partial charge in [-0.25, -0.2) is 0 Å². The van der Waals surface area contributed by atoms with Crippen LogP contribution in [-0.2, 0) is 21.7 Å². The van der Waals surface area contributed by atoms with Crippen molar-refractivity contribution in [3.63, 3.8) is 0 Å². The van der Waals surface area contributed by atoms with E-state index in [4.69, 9.17) is 0 Å². The molecule has 236 valence electrons. The lowest BCUT2D eigenvalue weighted by molar-refractivity contribution is 0.438. The first-order valence-corrected chi connectivity index (χ1v) is 18.1. The molecule has 0 fully saturated rings. The number of hydrogen-bond donors (Lipinski definition) is 0. The molecule has 0 heteroatoms. The van der Waals surface area contributed by atoms with Crippen molar-refractivity contribution in [2.75, 3.05) is 0 Å². The van der Waals surface area contributed by atoms with Crippen LogP contribution < -0.4 is 0 Å². The van der Waals surface area contributed by atoms with Gasteiger partial charge >= 0.3 is 0 Å². The Balaban J connectivity index is 2.11. The highest BCUT2D eigenvalue weighted by Crippen LogP contribution is 2.49. The summed E-state index contributed by atoms with van der Waals surface area (Å²) >= 11 is 0. The Morgan fingerprint density at radius 2 is 0.500 bits per heavy atom. The molecule has 0 bridgehead atoms. The van der Waals surface area contributed by atoms with Gasteiger partial charge in [0.15, 0.2) is 0 Å². The van der Waals surface area contributed by atoms with Gasteiger partial charge in [0.2, 0.25) is 0 Å². The summed E-state index contributed by atoms with van der Waals surface area (Å²) in [4.78, 5) is 0. The Hall–Kier alpha value is -2.60. The minimum Gasteiger partial charge on any atom is -0.0645 e. The SMILES string of the molecule is CCC(C)(CC)c1cc2cc(C(C)(CC)CC)cc3c4cc(C(C)(CC)CC)cc5cc(C(C)(CC)CC)cc(c(c1)c23)c54. The zero-order valence-corrected chi connectivity index (χ0v) is 30.3. The molecule has 0 amide bonds. The van der Waals surface area contributed by atoms with Gasteiger partial charge in [-0.15, -0.1) is 0 Å². The summed E-state index contributed by atoms with van der Waals surface area (Å²) in [5.74, 6) is 0. The topological polar surface area (TPSA) is 0 Å². The molecular formula is C44H60. The third kappa shape index (κ3) is 4.85. The van der Waals surface area contributed by atoms with Crippen molar-refractivity contribution in [3.8, 4) is 0 Å². The van der Waals surface area contributed by atoms with Gasteiger partial charge in [0.05, 0.1) is 0 Å². The quantitative estimate of drug-likeness (QED) is 0.100. The van der Waals surface area contributed by atoms with Crippen molar-refractivity contribution in [3.05, 3.63) is 70.8 Å². The lowest BCUT2D eigenvalue weighted by Crippen LogP contribution is -2.21. The summed E-state index contributed by atoms with van der Waals surface area (Å²) in [6.45, 7) is 28.9. The first-order valence-electron chi connectivity index (χ1n) is 18.1. The first kappa shape index (κ1) is 32.8. The first-order chi connectivity index (χ1) is 20.8. The van der Waals surface area contributed by atoms with E-state index in [-0.39, 0.29) is 21.7 Å². The highest BCUT2D eigenvalue weighted by molar-refractivity contribution is 6.33. The fourth-order valence-corrected chi connectivity index (χ4v) is 7.91. The van der Waals surface area contributed by atoms with Crippen molar-refractivity contribution in [1.29, 1.82) is 0 Å². The van der Waals surface area contributed by atoms with E-state index in [0.29, 0.717) is 0 Å². The molecule has 0 unspecified atom stereocenters. The normalized spacial score (nSPS) is 13.7. The molecule has 5 aromatic carbocycles. The Morgan fingerprint density at radius 3 is 0.659 bits per heavy atom. The molecule has 5 aromatic rings. The second kappa shape index (κ2) is 11.6. The number of hydrogen-bond acceptors (Lipinski definition) is 0. The number of fused-ring (bicyclic) bond motifs is 2. The summed E-state index contributed by atoms with van der Waals surface area (Å²) in [6.07, 6.45) is 9.18. The van der Waals surface area contributed by atoms with Crippen molar-refractivity contribution >= 4 is 43.1 Å². The van der Waals surface area contributed by atoms with E-state index in [1.807, 2.05) is 0 Å². The highest BCUT2D eigenvalue weighted by Gasteiger charge is 2.30. The van der Waals surface area contributed by atoms with Crippen molar-refractivity contribution in [2.24, 2.45) is 0 Å². The smallest absolute Gasteiger partial charge is 0.00260 e. The second-order valence-electron chi connectivity index (χ2n) is 15.4. The van der Waals surface area contributed by atoms with E-state index in [9.17, 15) is 0 Å². The van der Waals surface area contributed by atoms with Crippen molar-refractivity contribution in [2.45, 2.75) is 156 Å². The van der Waals surface area contributed by atoms with Crippen LogP contribution in [0.3, 0.4) is 0 Å². The molecule has 44 heavy (non-hydrogen) atoms. The maximum atomic E-state index is 2.60. The molecule has 0 aliphatic rings. The van der Waals surface area contributed by atoms with E-state index in [1.54, 1.807) is 0 Å². The van der Waals surface area contributed by atoms with Gasteiger partial charge in [0.25, 0.3) is 0 Å². The highest BCUT2D eigenvalue weighted by atomic mass is 14.3. The van der Waals surface area contributed by atoms with Gasteiger partial charge in [0, 0.05) is 0 Å². The monoisotopic (exact) mass is 588 g/mol. The van der Waals surface area contributed by atoms with Gasteiger partial charge < -0.3 is 0 Å². The molecule has 0 heterocycles. The average Bonchev–Trinajstić information content (AvgIpc) is 3.07. The van der Waals surface area contributed by atoms with E-state index >= 15 is 0 Å². The predicted octanol–water partition coefficient (Wildman–Crippen LogP) is 14.0. The molecule has 0 saturated carbocycles. The zero-order valence-electron chi connectivity index (χ0n) is 30.3. The minimum absolute atomic E-state index is 0.159. The molecule has 5 rings (SSSR count). The van der Waals surface area contributed by atoms with E-state index in [1.165, 1.54) is 65.3 Å². The van der Waals surface area contributed by atoms with E-state index in [0.717, 1.165) is 51.4 Å². The van der Waals surface area contributed by atoms with E-state index in [2.05, 4.69) is 132 Å². The molecule has 0 atom stereocenters. The van der Waals surface area contributed by atoms with Crippen LogP contribution in [0.25, 0.3) is 43.1 Å². The van der Waals surface area contributed by atoms with Crippen molar-refractivity contribution < 1.29 is 0 Å². The fraction of sp³-hybridized carbons (Fsp3) is 0.545. The summed E-state index contributed by atoms with van der Waals surface area (Å²) in [5, 5.41) is 11.6. The van der Waals surface area contributed by atoms with Crippen LogP contribution in [0.4, 0.5) is 0 Å². The molecule has 0 aromatic heterocycles. The molecule has 0 radical (unpaired) electrons. The zero-order chi connectivity index (χ0) is 32.2. The Labute approximate surface area is 269 Å². The lowest BCUT2D eigenvalue weighted by atomic mass is 9.71. The van der Waals surface area contributed by atoms with Gasteiger partial charge in [-0.2, -0.15) is 0 Å². The molecule has 0 aliphatic heterocycles. The predicted molar refractivity (Wildman–Crippen MR) is 199 cm³/mol. The Bertz CT molecular complexity index is 1520. The van der Waals surface area contributed by atoms with Crippen LogP contribution in [0, 0.1) is 0 Å².